The third-order valence-electron chi connectivity index (χ3n) is 4.30. The van der Waals surface area contributed by atoms with Gasteiger partial charge >= 0.3 is 0 Å². The first kappa shape index (κ1) is 17.5. The molecule has 0 aromatic heterocycles. The molecule has 2 heterocycles. The van der Waals surface area contributed by atoms with Gasteiger partial charge in [-0.15, -0.1) is 0 Å². The molecule has 128 valence electrons. The fraction of sp³-hybridized carbons (Fsp3) is 0.938. The summed E-state index contributed by atoms with van der Waals surface area (Å²) in [5, 5.41) is 6.97. The molecule has 2 saturated heterocycles. The van der Waals surface area contributed by atoms with Gasteiger partial charge in [-0.1, -0.05) is 0 Å². The molecular formula is C16H33N5O. The quantitative estimate of drug-likeness (QED) is 0.446. The highest BCUT2D eigenvalue weighted by Gasteiger charge is 2.30. The maximum atomic E-state index is 5.45. The van der Waals surface area contributed by atoms with Crippen LogP contribution in [0.15, 0.2) is 4.99 Å². The van der Waals surface area contributed by atoms with Crippen LogP contribution in [-0.2, 0) is 4.74 Å². The number of morpholine rings is 1. The van der Waals surface area contributed by atoms with Crippen LogP contribution in [-0.4, -0.2) is 86.9 Å². The van der Waals surface area contributed by atoms with Crippen molar-refractivity contribution in [1.82, 2.24) is 20.4 Å². The standard InChI is InChI=1S/C16H33N5O/c1-16(2,3)19-7-6-18-15(17-4)21-8-5-14(13-21)20-9-11-22-12-10-20/h14,19H,5-13H2,1-4H3,(H,17,18). The predicted molar refractivity (Wildman–Crippen MR) is 91.5 cm³/mol. The van der Waals surface area contributed by atoms with Crippen molar-refractivity contribution in [3.8, 4) is 0 Å². The predicted octanol–water partition coefficient (Wildman–Crippen LogP) is 0.356. The average molecular weight is 311 g/mol. The fourth-order valence-corrected chi connectivity index (χ4v) is 3.12. The van der Waals surface area contributed by atoms with Crippen LogP contribution in [0.25, 0.3) is 0 Å². The van der Waals surface area contributed by atoms with Crippen molar-refractivity contribution in [2.75, 3.05) is 59.5 Å². The van der Waals surface area contributed by atoms with Crippen molar-refractivity contribution in [2.45, 2.75) is 38.8 Å². The number of guanidine groups is 1. The van der Waals surface area contributed by atoms with Gasteiger partial charge in [-0.05, 0) is 27.2 Å². The molecule has 6 nitrogen and oxygen atoms in total. The van der Waals surface area contributed by atoms with Crippen LogP contribution >= 0.6 is 0 Å². The highest BCUT2D eigenvalue weighted by Crippen LogP contribution is 2.16. The Morgan fingerprint density at radius 1 is 1.18 bits per heavy atom. The number of rotatable bonds is 4. The molecule has 6 heteroatoms. The smallest absolute Gasteiger partial charge is 0.193 e. The summed E-state index contributed by atoms with van der Waals surface area (Å²) in [5.74, 6) is 1.03. The summed E-state index contributed by atoms with van der Waals surface area (Å²) < 4.78 is 5.45. The Kier molecular flexibility index (Phi) is 6.47. The zero-order valence-electron chi connectivity index (χ0n) is 14.7. The lowest BCUT2D eigenvalue weighted by molar-refractivity contribution is 0.0195. The zero-order chi connectivity index (χ0) is 16.0. The van der Waals surface area contributed by atoms with E-state index in [2.05, 4.69) is 46.2 Å². The van der Waals surface area contributed by atoms with E-state index in [-0.39, 0.29) is 5.54 Å². The van der Waals surface area contributed by atoms with Crippen LogP contribution in [0.2, 0.25) is 0 Å². The fourth-order valence-electron chi connectivity index (χ4n) is 3.12. The van der Waals surface area contributed by atoms with Crippen LogP contribution in [0.1, 0.15) is 27.2 Å². The molecule has 0 spiro atoms. The zero-order valence-corrected chi connectivity index (χ0v) is 14.7. The van der Waals surface area contributed by atoms with Crippen LogP contribution in [0.3, 0.4) is 0 Å². The summed E-state index contributed by atoms with van der Waals surface area (Å²) in [5.41, 5.74) is 0.167. The number of aliphatic imine (C=N–C) groups is 1. The normalized spacial score (nSPS) is 24.8. The van der Waals surface area contributed by atoms with Gasteiger partial charge in [-0.2, -0.15) is 0 Å². The van der Waals surface area contributed by atoms with E-state index in [1.54, 1.807) is 0 Å². The Hall–Kier alpha value is -0.850. The summed E-state index contributed by atoms with van der Waals surface area (Å²) in [6.07, 6.45) is 1.22. The Balaban J connectivity index is 1.73. The molecule has 0 amide bonds. The minimum atomic E-state index is 0.167. The molecule has 0 aromatic carbocycles. The van der Waals surface area contributed by atoms with Gasteiger partial charge in [-0.25, -0.2) is 0 Å². The lowest BCUT2D eigenvalue weighted by Gasteiger charge is -2.32. The maximum absolute atomic E-state index is 5.45. The first-order valence-electron chi connectivity index (χ1n) is 8.52. The van der Waals surface area contributed by atoms with Gasteiger partial charge in [0.25, 0.3) is 0 Å². The lowest BCUT2D eigenvalue weighted by Crippen LogP contribution is -2.48. The molecule has 0 saturated carbocycles. The largest absolute Gasteiger partial charge is 0.379 e. The second kappa shape index (κ2) is 8.13. The Labute approximate surface area is 135 Å². The van der Waals surface area contributed by atoms with Crippen molar-refractivity contribution < 1.29 is 4.74 Å². The SMILES string of the molecule is CN=C(NCCNC(C)(C)C)N1CCC(N2CCOCC2)C1. The molecule has 0 aromatic rings. The van der Waals surface area contributed by atoms with Crippen LogP contribution in [0.5, 0.6) is 0 Å². The van der Waals surface area contributed by atoms with Crippen molar-refractivity contribution in [2.24, 2.45) is 4.99 Å². The Morgan fingerprint density at radius 3 is 2.55 bits per heavy atom. The van der Waals surface area contributed by atoms with Crippen molar-refractivity contribution in [3.63, 3.8) is 0 Å². The maximum Gasteiger partial charge on any atom is 0.193 e. The molecule has 0 aliphatic carbocycles. The third-order valence-corrected chi connectivity index (χ3v) is 4.30. The van der Waals surface area contributed by atoms with Crippen LogP contribution in [0, 0.1) is 0 Å². The Morgan fingerprint density at radius 2 is 1.91 bits per heavy atom. The number of likely N-dealkylation sites (tertiary alicyclic amines) is 1. The summed E-state index contributed by atoms with van der Waals surface area (Å²) in [7, 11) is 1.88. The first-order chi connectivity index (χ1) is 10.5. The van der Waals surface area contributed by atoms with E-state index in [4.69, 9.17) is 4.74 Å². The molecule has 0 bridgehead atoms. The Bertz CT molecular complexity index is 360. The van der Waals surface area contributed by atoms with E-state index < -0.39 is 0 Å². The van der Waals surface area contributed by atoms with E-state index in [1.807, 2.05) is 7.05 Å². The van der Waals surface area contributed by atoms with E-state index in [0.29, 0.717) is 6.04 Å². The summed E-state index contributed by atoms with van der Waals surface area (Å²) >= 11 is 0. The molecule has 2 N–H and O–H groups in total. The number of hydrogen-bond donors (Lipinski definition) is 2. The van der Waals surface area contributed by atoms with Crippen LogP contribution in [0.4, 0.5) is 0 Å². The van der Waals surface area contributed by atoms with Crippen LogP contribution < -0.4 is 10.6 Å². The second-order valence-electron chi connectivity index (χ2n) is 7.19. The second-order valence-corrected chi connectivity index (χ2v) is 7.19. The van der Waals surface area contributed by atoms with Gasteiger partial charge in [0.1, 0.15) is 0 Å². The van der Waals surface area contributed by atoms with Crippen molar-refractivity contribution in [3.05, 3.63) is 0 Å². The number of nitrogens with one attached hydrogen (secondary N) is 2. The third kappa shape index (κ3) is 5.41. The molecule has 2 fully saturated rings. The van der Waals surface area contributed by atoms with Gasteiger partial charge in [0.2, 0.25) is 0 Å². The van der Waals surface area contributed by atoms with E-state index >= 15 is 0 Å². The molecule has 22 heavy (non-hydrogen) atoms. The highest BCUT2D eigenvalue weighted by atomic mass is 16.5. The molecule has 2 aliphatic heterocycles. The topological polar surface area (TPSA) is 52.1 Å². The monoisotopic (exact) mass is 311 g/mol. The molecular weight excluding hydrogens is 278 g/mol. The summed E-state index contributed by atoms with van der Waals surface area (Å²) in [6.45, 7) is 14.5. The molecule has 0 radical (unpaired) electrons. The van der Waals surface area contributed by atoms with Gasteiger partial charge in [0, 0.05) is 57.9 Å². The van der Waals surface area contributed by atoms with E-state index in [0.717, 1.165) is 58.4 Å². The average Bonchev–Trinajstić information content (AvgIpc) is 2.97. The number of nitrogens with zero attached hydrogens (tertiary/aromatic N) is 3. The molecule has 1 atom stereocenters. The van der Waals surface area contributed by atoms with Gasteiger partial charge in [0.05, 0.1) is 13.2 Å². The first-order valence-corrected chi connectivity index (χ1v) is 8.52. The molecule has 2 rings (SSSR count). The summed E-state index contributed by atoms with van der Waals surface area (Å²) in [6, 6.07) is 0.648. The van der Waals surface area contributed by atoms with Gasteiger partial charge in [-0.3, -0.25) is 9.89 Å². The highest BCUT2D eigenvalue weighted by molar-refractivity contribution is 5.80. The minimum absolute atomic E-state index is 0.167. The molecule has 2 aliphatic rings. The minimum Gasteiger partial charge on any atom is -0.379 e. The lowest BCUT2D eigenvalue weighted by atomic mass is 10.1. The molecule has 1 unspecified atom stereocenters. The summed E-state index contributed by atoms with van der Waals surface area (Å²) in [4.78, 5) is 9.40. The van der Waals surface area contributed by atoms with Gasteiger partial charge in [0.15, 0.2) is 5.96 Å². The van der Waals surface area contributed by atoms with E-state index in [9.17, 15) is 0 Å². The van der Waals surface area contributed by atoms with Gasteiger partial charge < -0.3 is 20.3 Å². The number of hydrogen-bond acceptors (Lipinski definition) is 4. The van der Waals surface area contributed by atoms with Crippen molar-refractivity contribution in [1.29, 1.82) is 0 Å². The number of ether oxygens (including phenoxy) is 1. The van der Waals surface area contributed by atoms with E-state index in [1.165, 1.54) is 6.42 Å². The van der Waals surface area contributed by atoms with Crippen molar-refractivity contribution >= 4 is 5.96 Å².